The van der Waals surface area contributed by atoms with Gasteiger partial charge in [-0.05, 0) is 40.5 Å². The summed E-state index contributed by atoms with van der Waals surface area (Å²) in [6.45, 7) is 0. The van der Waals surface area contributed by atoms with E-state index in [9.17, 15) is 21.6 Å². The summed E-state index contributed by atoms with van der Waals surface area (Å²) < 4.78 is 59.7. The predicted molar refractivity (Wildman–Crippen MR) is 65.9 cm³/mol. The summed E-state index contributed by atoms with van der Waals surface area (Å²) in [6, 6.07) is 4.07. The van der Waals surface area contributed by atoms with Gasteiger partial charge >= 0.3 is 6.18 Å². The molecule has 0 aromatic heterocycles. The summed E-state index contributed by atoms with van der Waals surface area (Å²) >= 11 is 3.03. The van der Waals surface area contributed by atoms with Crippen molar-refractivity contribution in [3.05, 3.63) is 22.7 Å². The molecule has 2 N–H and O–H groups in total. The number of hydrogen-bond acceptors (Lipinski definition) is 3. The van der Waals surface area contributed by atoms with Gasteiger partial charge in [-0.2, -0.15) is 13.2 Å². The zero-order chi connectivity index (χ0) is 14.0. The maximum absolute atomic E-state index is 11.9. The summed E-state index contributed by atoms with van der Waals surface area (Å²) in [5.41, 5.74) is 5.83. The molecule has 0 saturated carbocycles. The standard InChI is InChI=1S/C10H11BrF3NO2S/c11-8-6-7(15)2-3-9(8)18(16,17)5-1-4-10(12,13)14/h2-3,6H,1,4-5,15H2. The molecule has 0 saturated heterocycles. The molecule has 1 rings (SSSR count). The van der Waals surface area contributed by atoms with Crippen molar-refractivity contribution in [3.63, 3.8) is 0 Å². The Balaban J connectivity index is 2.81. The lowest BCUT2D eigenvalue weighted by Gasteiger charge is -2.08. The molecular formula is C10H11BrF3NO2S. The predicted octanol–water partition coefficient (Wildman–Crippen LogP) is 3.15. The summed E-state index contributed by atoms with van der Waals surface area (Å²) in [7, 11) is -3.73. The molecule has 0 heterocycles. The van der Waals surface area contributed by atoms with E-state index in [0.29, 0.717) is 5.69 Å². The topological polar surface area (TPSA) is 60.2 Å². The molecule has 0 radical (unpaired) electrons. The number of halogens is 4. The first kappa shape index (κ1) is 15.3. The Morgan fingerprint density at radius 2 is 1.89 bits per heavy atom. The van der Waals surface area contributed by atoms with Crippen molar-refractivity contribution in [2.45, 2.75) is 23.9 Å². The van der Waals surface area contributed by atoms with Gasteiger partial charge < -0.3 is 5.73 Å². The minimum Gasteiger partial charge on any atom is -0.399 e. The summed E-state index contributed by atoms with van der Waals surface area (Å²) in [4.78, 5) is -0.0427. The molecule has 8 heteroatoms. The largest absolute Gasteiger partial charge is 0.399 e. The van der Waals surface area contributed by atoms with Crippen LogP contribution in [0.3, 0.4) is 0 Å². The SMILES string of the molecule is Nc1ccc(S(=O)(=O)CCCC(F)(F)F)c(Br)c1. The number of nitrogen functional groups attached to an aromatic ring is 1. The van der Waals surface area contributed by atoms with E-state index in [1.165, 1.54) is 18.2 Å². The number of benzene rings is 1. The van der Waals surface area contributed by atoms with Crippen LogP contribution in [-0.2, 0) is 9.84 Å². The second-order valence-corrected chi connectivity index (χ2v) is 6.66. The lowest BCUT2D eigenvalue weighted by molar-refractivity contribution is -0.134. The average Bonchev–Trinajstić information content (AvgIpc) is 2.13. The van der Waals surface area contributed by atoms with Crippen LogP contribution in [-0.4, -0.2) is 20.3 Å². The third kappa shape index (κ3) is 4.49. The van der Waals surface area contributed by atoms with E-state index < -0.39 is 34.6 Å². The van der Waals surface area contributed by atoms with E-state index in [4.69, 9.17) is 5.73 Å². The Labute approximate surface area is 111 Å². The van der Waals surface area contributed by atoms with E-state index in [-0.39, 0.29) is 9.37 Å². The van der Waals surface area contributed by atoms with Gasteiger partial charge in [0.1, 0.15) is 0 Å². The van der Waals surface area contributed by atoms with Crippen LogP contribution in [0.2, 0.25) is 0 Å². The zero-order valence-electron chi connectivity index (χ0n) is 9.17. The van der Waals surface area contributed by atoms with Crippen molar-refractivity contribution in [1.82, 2.24) is 0 Å². The number of anilines is 1. The molecule has 0 aliphatic heterocycles. The number of hydrogen-bond donors (Lipinski definition) is 1. The molecule has 0 amide bonds. The van der Waals surface area contributed by atoms with Gasteiger partial charge in [0.25, 0.3) is 0 Å². The van der Waals surface area contributed by atoms with Crippen LogP contribution in [0.1, 0.15) is 12.8 Å². The van der Waals surface area contributed by atoms with E-state index >= 15 is 0 Å². The van der Waals surface area contributed by atoms with Gasteiger partial charge in [0.05, 0.1) is 10.6 Å². The number of nitrogens with two attached hydrogens (primary N) is 1. The van der Waals surface area contributed by atoms with Crippen molar-refractivity contribution in [2.75, 3.05) is 11.5 Å². The molecule has 0 bridgehead atoms. The van der Waals surface area contributed by atoms with Crippen LogP contribution in [0.25, 0.3) is 0 Å². The lowest BCUT2D eigenvalue weighted by Crippen LogP contribution is -2.13. The fourth-order valence-electron chi connectivity index (χ4n) is 1.34. The molecular weight excluding hydrogens is 335 g/mol. The third-order valence-electron chi connectivity index (χ3n) is 2.16. The fraction of sp³-hybridized carbons (Fsp3) is 0.400. The van der Waals surface area contributed by atoms with Crippen molar-refractivity contribution in [1.29, 1.82) is 0 Å². The highest BCUT2D eigenvalue weighted by Gasteiger charge is 2.28. The molecule has 0 unspecified atom stereocenters. The normalized spacial score (nSPS) is 12.7. The van der Waals surface area contributed by atoms with Gasteiger partial charge in [-0.3, -0.25) is 0 Å². The Bertz CT molecular complexity index is 528. The second kappa shape index (κ2) is 5.48. The van der Waals surface area contributed by atoms with Gasteiger partial charge in [0.2, 0.25) is 0 Å². The average molecular weight is 346 g/mol. The Hall–Kier alpha value is -0.760. The van der Waals surface area contributed by atoms with Gasteiger partial charge in [-0.15, -0.1) is 0 Å². The summed E-state index contributed by atoms with van der Waals surface area (Å²) in [6.07, 6.45) is -5.91. The third-order valence-corrected chi connectivity index (χ3v) is 4.94. The van der Waals surface area contributed by atoms with Crippen LogP contribution in [0, 0.1) is 0 Å². The van der Waals surface area contributed by atoms with Crippen molar-refractivity contribution in [3.8, 4) is 0 Å². The molecule has 1 aromatic carbocycles. The van der Waals surface area contributed by atoms with E-state index in [1.807, 2.05) is 0 Å². The smallest absolute Gasteiger partial charge is 0.389 e. The maximum atomic E-state index is 11.9. The van der Waals surface area contributed by atoms with E-state index in [2.05, 4.69) is 15.9 Å². The molecule has 0 aliphatic rings. The van der Waals surface area contributed by atoms with Crippen molar-refractivity contribution in [2.24, 2.45) is 0 Å². The molecule has 18 heavy (non-hydrogen) atoms. The molecule has 3 nitrogen and oxygen atoms in total. The first-order valence-electron chi connectivity index (χ1n) is 4.96. The Kier molecular flexibility index (Phi) is 4.66. The molecule has 0 spiro atoms. The summed E-state index contributed by atoms with van der Waals surface area (Å²) in [5.74, 6) is -0.547. The molecule has 0 atom stereocenters. The summed E-state index contributed by atoms with van der Waals surface area (Å²) in [5, 5.41) is 0. The second-order valence-electron chi connectivity index (χ2n) is 3.73. The van der Waals surface area contributed by atoms with E-state index in [1.54, 1.807) is 0 Å². The molecule has 0 aliphatic carbocycles. The van der Waals surface area contributed by atoms with Crippen LogP contribution in [0.15, 0.2) is 27.6 Å². The first-order valence-corrected chi connectivity index (χ1v) is 7.41. The Morgan fingerprint density at radius 1 is 1.28 bits per heavy atom. The number of alkyl halides is 3. The first-order chi connectivity index (χ1) is 8.12. The molecule has 0 fully saturated rings. The van der Waals surface area contributed by atoms with Crippen LogP contribution in [0.5, 0.6) is 0 Å². The molecule has 1 aromatic rings. The van der Waals surface area contributed by atoms with Crippen molar-refractivity contribution < 1.29 is 21.6 Å². The van der Waals surface area contributed by atoms with Crippen LogP contribution in [0.4, 0.5) is 18.9 Å². The molecule has 102 valence electrons. The highest BCUT2D eigenvalue weighted by Crippen LogP contribution is 2.27. The Morgan fingerprint density at radius 3 is 2.39 bits per heavy atom. The van der Waals surface area contributed by atoms with Crippen LogP contribution >= 0.6 is 15.9 Å². The fourth-order valence-corrected chi connectivity index (χ4v) is 3.85. The van der Waals surface area contributed by atoms with Gasteiger partial charge in [-0.25, -0.2) is 8.42 Å². The number of rotatable bonds is 4. The maximum Gasteiger partial charge on any atom is 0.389 e. The van der Waals surface area contributed by atoms with Gasteiger partial charge in [0, 0.05) is 16.6 Å². The minimum atomic E-state index is -4.34. The highest BCUT2D eigenvalue weighted by molar-refractivity contribution is 9.10. The van der Waals surface area contributed by atoms with Crippen molar-refractivity contribution >= 4 is 31.5 Å². The quantitative estimate of drug-likeness (QED) is 0.852. The van der Waals surface area contributed by atoms with Gasteiger partial charge in [-0.1, -0.05) is 0 Å². The van der Waals surface area contributed by atoms with Crippen LogP contribution < -0.4 is 5.73 Å². The highest BCUT2D eigenvalue weighted by atomic mass is 79.9. The number of sulfone groups is 1. The van der Waals surface area contributed by atoms with Gasteiger partial charge in [0.15, 0.2) is 9.84 Å². The zero-order valence-corrected chi connectivity index (χ0v) is 11.6. The van der Waals surface area contributed by atoms with E-state index in [0.717, 1.165) is 0 Å². The minimum absolute atomic E-state index is 0.0427. The lowest BCUT2D eigenvalue weighted by atomic mass is 10.3. The monoisotopic (exact) mass is 345 g/mol.